The fourth-order valence-electron chi connectivity index (χ4n) is 3.81. The van der Waals surface area contributed by atoms with Crippen molar-refractivity contribution in [2.45, 2.75) is 31.4 Å². The monoisotopic (exact) mass is 337 g/mol. The number of carbonyl (C=O) groups is 2. The van der Waals surface area contributed by atoms with Gasteiger partial charge in [-0.2, -0.15) is 0 Å². The van der Waals surface area contributed by atoms with Crippen LogP contribution < -0.4 is 5.32 Å². The average molecular weight is 337 g/mol. The number of fused-ring (bicyclic) bond motifs is 3. The van der Waals surface area contributed by atoms with Crippen molar-refractivity contribution in [2.75, 3.05) is 6.54 Å². The Morgan fingerprint density at radius 3 is 2.68 bits per heavy atom. The molecule has 1 heterocycles. The highest BCUT2D eigenvalue weighted by Crippen LogP contribution is 2.38. The Morgan fingerprint density at radius 1 is 1.12 bits per heavy atom. The van der Waals surface area contributed by atoms with E-state index >= 15 is 0 Å². The van der Waals surface area contributed by atoms with Crippen LogP contribution in [-0.2, 0) is 27.4 Å². The van der Waals surface area contributed by atoms with E-state index in [0.717, 1.165) is 23.1 Å². The SMILES string of the molecule is O=C(O)[C@]1(C(=O)OCc2cccc3c2Cc2ccccc2-3)CCCN1. The molecule has 128 valence electrons. The number of carboxylic acid groups (broad SMARTS) is 1. The first-order valence-electron chi connectivity index (χ1n) is 8.46. The van der Waals surface area contributed by atoms with Crippen LogP contribution in [0.25, 0.3) is 11.1 Å². The minimum absolute atomic E-state index is 0.0900. The summed E-state index contributed by atoms with van der Waals surface area (Å²) in [5, 5.41) is 12.2. The van der Waals surface area contributed by atoms with Crippen molar-refractivity contribution < 1.29 is 19.4 Å². The van der Waals surface area contributed by atoms with Crippen LogP contribution in [0.1, 0.15) is 29.5 Å². The number of esters is 1. The Hall–Kier alpha value is -2.66. The summed E-state index contributed by atoms with van der Waals surface area (Å²) in [7, 11) is 0. The predicted octanol–water partition coefficient (Wildman–Crippen LogP) is 2.51. The van der Waals surface area contributed by atoms with Crippen LogP contribution >= 0.6 is 0 Å². The fraction of sp³-hybridized carbons (Fsp3) is 0.300. The molecule has 5 nitrogen and oxygen atoms in total. The molecule has 0 spiro atoms. The van der Waals surface area contributed by atoms with Crippen LogP contribution in [0.4, 0.5) is 0 Å². The predicted molar refractivity (Wildman–Crippen MR) is 92.1 cm³/mol. The van der Waals surface area contributed by atoms with Gasteiger partial charge in [-0.05, 0) is 53.6 Å². The van der Waals surface area contributed by atoms with Gasteiger partial charge in [0, 0.05) is 0 Å². The van der Waals surface area contributed by atoms with E-state index in [-0.39, 0.29) is 13.0 Å². The van der Waals surface area contributed by atoms with Gasteiger partial charge in [0.05, 0.1) is 0 Å². The third kappa shape index (κ3) is 2.51. The van der Waals surface area contributed by atoms with Crippen LogP contribution in [-0.4, -0.2) is 29.1 Å². The van der Waals surface area contributed by atoms with Crippen molar-refractivity contribution in [3.8, 4) is 11.1 Å². The molecule has 25 heavy (non-hydrogen) atoms. The van der Waals surface area contributed by atoms with Crippen LogP contribution in [0, 0.1) is 0 Å². The largest absolute Gasteiger partial charge is 0.479 e. The van der Waals surface area contributed by atoms with Gasteiger partial charge in [-0.1, -0.05) is 42.5 Å². The number of rotatable bonds is 4. The minimum atomic E-state index is -1.60. The topological polar surface area (TPSA) is 75.6 Å². The van der Waals surface area contributed by atoms with E-state index in [1.165, 1.54) is 11.1 Å². The number of carboxylic acids is 1. The number of nitrogens with one attached hydrogen (secondary N) is 1. The molecule has 0 amide bonds. The highest BCUT2D eigenvalue weighted by Gasteiger charge is 2.50. The normalized spacial score (nSPS) is 20.8. The Kier molecular flexibility index (Phi) is 3.81. The lowest BCUT2D eigenvalue weighted by Crippen LogP contribution is -2.55. The van der Waals surface area contributed by atoms with Crippen molar-refractivity contribution in [1.29, 1.82) is 0 Å². The first-order valence-corrected chi connectivity index (χ1v) is 8.46. The zero-order chi connectivity index (χ0) is 17.4. The van der Waals surface area contributed by atoms with Gasteiger partial charge in [-0.25, -0.2) is 9.59 Å². The lowest BCUT2D eigenvalue weighted by atomic mass is 9.98. The molecule has 0 aromatic heterocycles. The van der Waals surface area contributed by atoms with Gasteiger partial charge in [0.2, 0.25) is 5.54 Å². The van der Waals surface area contributed by atoms with Crippen molar-refractivity contribution in [2.24, 2.45) is 0 Å². The molecule has 0 saturated carbocycles. The molecule has 4 rings (SSSR count). The average Bonchev–Trinajstić information content (AvgIpc) is 3.25. The van der Waals surface area contributed by atoms with Crippen LogP contribution in [0.5, 0.6) is 0 Å². The molecule has 1 saturated heterocycles. The highest BCUT2D eigenvalue weighted by atomic mass is 16.5. The van der Waals surface area contributed by atoms with Crippen LogP contribution in [0.2, 0.25) is 0 Å². The minimum Gasteiger partial charge on any atom is -0.479 e. The molecular formula is C20H19NO4. The summed E-state index contributed by atoms with van der Waals surface area (Å²) in [6.07, 6.45) is 1.72. The molecule has 0 unspecified atom stereocenters. The van der Waals surface area contributed by atoms with Crippen molar-refractivity contribution in [3.05, 3.63) is 59.2 Å². The van der Waals surface area contributed by atoms with Gasteiger partial charge >= 0.3 is 11.9 Å². The number of ether oxygens (including phenoxy) is 1. The summed E-state index contributed by atoms with van der Waals surface area (Å²) >= 11 is 0. The zero-order valence-electron chi connectivity index (χ0n) is 13.7. The Labute approximate surface area is 145 Å². The molecular weight excluding hydrogens is 318 g/mol. The number of hydrogen-bond donors (Lipinski definition) is 2. The molecule has 2 aliphatic rings. The van der Waals surface area contributed by atoms with E-state index < -0.39 is 17.5 Å². The fourth-order valence-corrected chi connectivity index (χ4v) is 3.81. The molecule has 0 radical (unpaired) electrons. The Balaban J connectivity index is 1.55. The van der Waals surface area contributed by atoms with Crippen LogP contribution in [0.3, 0.4) is 0 Å². The summed E-state index contributed by atoms with van der Waals surface area (Å²) in [4.78, 5) is 24.0. The summed E-state index contributed by atoms with van der Waals surface area (Å²) in [5.74, 6) is -1.87. The van der Waals surface area contributed by atoms with E-state index in [0.29, 0.717) is 13.0 Å². The van der Waals surface area contributed by atoms with Gasteiger partial charge in [-0.15, -0.1) is 0 Å². The second-order valence-electron chi connectivity index (χ2n) is 6.59. The maximum absolute atomic E-state index is 12.4. The zero-order valence-corrected chi connectivity index (χ0v) is 13.7. The molecule has 2 N–H and O–H groups in total. The number of benzene rings is 2. The first kappa shape index (κ1) is 15.8. The van der Waals surface area contributed by atoms with E-state index in [4.69, 9.17) is 4.74 Å². The lowest BCUT2D eigenvalue weighted by Gasteiger charge is -2.22. The smallest absolute Gasteiger partial charge is 0.338 e. The Bertz CT molecular complexity index is 853. The number of hydrogen-bond acceptors (Lipinski definition) is 4. The second kappa shape index (κ2) is 6.01. The first-order chi connectivity index (χ1) is 12.1. The Morgan fingerprint density at radius 2 is 1.92 bits per heavy atom. The number of aliphatic carboxylic acids is 1. The molecule has 2 aromatic rings. The van der Waals surface area contributed by atoms with Gasteiger partial charge < -0.3 is 9.84 Å². The van der Waals surface area contributed by atoms with E-state index in [1.807, 2.05) is 24.3 Å². The van der Waals surface area contributed by atoms with Gasteiger partial charge in [0.1, 0.15) is 6.61 Å². The maximum atomic E-state index is 12.4. The quantitative estimate of drug-likeness (QED) is 0.565. The molecule has 1 atom stereocenters. The molecule has 0 bridgehead atoms. The van der Waals surface area contributed by atoms with Crippen LogP contribution in [0.15, 0.2) is 42.5 Å². The summed E-state index contributed by atoms with van der Waals surface area (Å²) in [6, 6.07) is 14.2. The summed E-state index contributed by atoms with van der Waals surface area (Å²) < 4.78 is 5.42. The van der Waals surface area contributed by atoms with Crippen molar-refractivity contribution >= 4 is 11.9 Å². The van der Waals surface area contributed by atoms with E-state index in [9.17, 15) is 14.7 Å². The highest BCUT2D eigenvalue weighted by molar-refractivity contribution is 6.04. The third-order valence-electron chi connectivity index (χ3n) is 5.18. The molecule has 1 aliphatic carbocycles. The molecule has 1 aliphatic heterocycles. The summed E-state index contributed by atoms with van der Waals surface area (Å²) in [5.41, 5.74) is 4.12. The molecule has 1 fully saturated rings. The van der Waals surface area contributed by atoms with Crippen molar-refractivity contribution in [3.63, 3.8) is 0 Å². The van der Waals surface area contributed by atoms with Gasteiger partial charge in [-0.3, -0.25) is 5.32 Å². The standard InChI is InChI=1S/C20H19NO4/c22-18(23)20(9-4-10-21-20)19(24)25-12-14-6-3-8-16-15-7-2-1-5-13(15)11-17(14)16/h1-3,5-8,21H,4,9-12H2,(H,22,23)/t20-/m0/s1. The number of carbonyl (C=O) groups excluding carboxylic acids is 1. The van der Waals surface area contributed by atoms with E-state index in [2.05, 4.69) is 23.5 Å². The summed E-state index contributed by atoms with van der Waals surface area (Å²) in [6.45, 7) is 0.601. The second-order valence-corrected chi connectivity index (χ2v) is 6.59. The lowest BCUT2D eigenvalue weighted by molar-refractivity contribution is -0.163. The van der Waals surface area contributed by atoms with Gasteiger partial charge in [0.25, 0.3) is 0 Å². The maximum Gasteiger partial charge on any atom is 0.338 e. The molecule has 2 aromatic carbocycles. The van der Waals surface area contributed by atoms with Gasteiger partial charge in [0.15, 0.2) is 0 Å². The van der Waals surface area contributed by atoms with E-state index in [1.54, 1.807) is 0 Å². The van der Waals surface area contributed by atoms with Crippen molar-refractivity contribution in [1.82, 2.24) is 5.32 Å². The molecule has 5 heteroatoms. The third-order valence-corrected chi connectivity index (χ3v) is 5.18.